The number of hydrogen-bond donors (Lipinski definition) is 3. The molecule has 1 aromatic carbocycles. The lowest BCUT2D eigenvalue weighted by molar-refractivity contribution is 0.415. The quantitative estimate of drug-likeness (QED) is 0.312. The molecule has 0 amide bonds. The molecule has 6 nitrogen and oxygen atoms in total. The third kappa shape index (κ3) is 4.25. The monoisotopic (exact) mass is 301 g/mol. The molecule has 118 valence electrons. The van der Waals surface area contributed by atoms with Crippen molar-refractivity contribution in [1.82, 2.24) is 10.7 Å². The van der Waals surface area contributed by atoms with Crippen molar-refractivity contribution in [3.63, 3.8) is 0 Å². The molecular formula is C16H23N5O. The van der Waals surface area contributed by atoms with Crippen LogP contribution in [0.25, 0.3) is 5.57 Å². The molecule has 1 aliphatic rings. The standard InChI is InChI=1S/C16H23N5O/c1-3-4-5-8-18-16(17)21-20-11-12-10-19-15-7-6-13(22-2)9-14(12)15/h6-7,9-11,20H,3-5,8H2,1-2H3,(H3,17,18,21)/b12-11+. The number of unbranched alkanes of at least 4 members (excludes halogenated alkanes) is 2. The lowest BCUT2D eigenvalue weighted by Crippen LogP contribution is -2.33. The van der Waals surface area contributed by atoms with Gasteiger partial charge in [0.15, 0.2) is 0 Å². The van der Waals surface area contributed by atoms with E-state index in [0.717, 1.165) is 35.5 Å². The highest BCUT2D eigenvalue weighted by Gasteiger charge is 2.12. The molecule has 0 fully saturated rings. The Labute approximate surface area is 131 Å². The molecule has 4 N–H and O–H groups in total. The van der Waals surface area contributed by atoms with Crippen molar-refractivity contribution in [2.75, 3.05) is 13.7 Å². The zero-order valence-electron chi connectivity index (χ0n) is 13.1. The predicted octanol–water partition coefficient (Wildman–Crippen LogP) is 2.35. The van der Waals surface area contributed by atoms with E-state index >= 15 is 0 Å². The van der Waals surface area contributed by atoms with Crippen LogP contribution in [0.3, 0.4) is 0 Å². The van der Waals surface area contributed by atoms with Gasteiger partial charge in [0, 0.05) is 30.1 Å². The summed E-state index contributed by atoms with van der Waals surface area (Å²) in [5, 5.41) is 7.13. The smallest absolute Gasteiger partial charge is 0.211 e. The van der Waals surface area contributed by atoms with E-state index in [1.807, 2.05) is 18.2 Å². The first-order chi connectivity index (χ1) is 10.7. The van der Waals surface area contributed by atoms with Gasteiger partial charge in [0.1, 0.15) is 5.75 Å². The van der Waals surface area contributed by atoms with Gasteiger partial charge in [-0.15, -0.1) is 5.10 Å². The second kappa shape index (κ2) is 8.07. The van der Waals surface area contributed by atoms with Gasteiger partial charge in [-0.3, -0.25) is 10.4 Å². The Kier molecular flexibility index (Phi) is 5.82. The molecule has 0 aromatic heterocycles. The molecule has 0 radical (unpaired) electrons. The van der Waals surface area contributed by atoms with Crippen LogP contribution in [0.2, 0.25) is 0 Å². The van der Waals surface area contributed by atoms with Gasteiger partial charge in [0.05, 0.1) is 12.8 Å². The van der Waals surface area contributed by atoms with Crippen molar-refractivity contribution in [1.29, 1.82) is 0 Å². The lowest BCUT2D eigenvalue weighted by Gasteiger charge is -2.05. The zero-order chi connectivity index (χ0) is 15.8. The van der Waals surface area contributed by atoms with E-state index in [0.29, 0.717) is 5.96 Å². The van der Waals surface area contributed by atoms with Gasteiger partial charge in [-0.05, 0) is 24.6 Å². The summed E-state index contributed by atoms with van der Waals surface area (Å²) in [7, 11) is 1.65. The second-order valence-electron chi connectivity index (χ2n) is 5.00. The van der Waals surface area contributed by atoms with Crippen LogP contribution in [0.5, 0.6) is 5.75 Å². The first-order valence-corrected chi connectivity index (χ1v) is 7.49. The Morgan fingerprint density at radius 3 is 3.05 bits per heavy atom. The van der Waals surface area contributed by atoms with Crippen LogP contribution in [-0.2, 0) is 0 Å². The van der Waals surface area contributed by atoms with E-state index in [9.17, 15) is 0 Å². The Bertz CT molecular complexity index is 592. The van der Waals surface area contributed by atoms with Crippen molar-refractivity contribution in [3.8, 4) is 5.75 Å². The summed E-state index contributed by atoms with van der Waals surface area (Å²) in [6, 6.07) is 5.77. The fourth-order valence-corrected chi connectivity index (χ4v) is 2.11. The summed E-state index contributed by atoms with van der Waals surface area (Å²) in [6.45, 7) is 3.00. The van der Waals surface area contributed by atoms with E-state index in [-0.39, 0.29) is 0 Å². The Balaban J connectivity index is 1.91. The maximum atomic E-state index is 5.77. The van der Waals surface area contributed by atoms with E-state index in [1.165, 1.54) is 12.8 Å². The molecule has 0 saturated heterocycles. The van der Waals surface area contributed by atoms with Crippen LogP contribution in [0.4, 0.5) is 5.69 Å². The third-order valence-corrected chi connectivity index (χ3v) is 3.35. The van der Waals surface area contributed by atoms with Crippen LogP contribution < -0.4 is 21.2 Å². The van der Waals surface area contributed by atoms with E-state index < -0.39 is 0 Å². The molecule has 0 bridgehead atoms. The minimum atomic E-state index is 0.383. The summed E-state index contributed by atoms with van der Waals surface area (Å²) in [5.74, 6) is 1.18. The number of nitrogens with one attached hydrogen (secondary N) is 2. The maximum absolute atomic E-state index is 5.77. The van der Waals surface area contributed by atoms with Crippen LogP contribution in [-0.4, -0.2) is 25.8 Å². The number of aliphatic imine (C=N–C) groups is 1. The Hall–Kier alpha value is -2.50. The van der Waals surface area contributed by atoms with Crippen LogP contribution in [0.15, 0.2) is 34.5 Å². The van der Waals surface area contributed by atoms with E-state index in [1.54, 1.807) is 19.5 Å². The molecule has 6 heteroatoms. The highest BCUT2D eigenvalue weighted by molar-refractivity contribution is 6.16. The fraction of sp³-hybridized carbons (Fsp3) is 0.375. The number of nitrogens with two attached hydrogens (primary N) is 1. The number of fused-ring (bicyclic) bond motifs is 1. The first kappa shape index (κ1) is 15.9. The number of hydrazone groups is 1. The molecular weight excluding hydrogens is 278 g/mol. The predicted molar refractivity (Wildman–Crippen MR) is 91.4 cm³/mol. The average Bonchev–Trinajstić information content (AvgIpc) is 2.94. The molecule has 1 aliphatic heterocycles. The molecule has 1 aromatic rings. The van der Waals surface area contributed by atoms with Crippen molar-refractivity contribution < 1.29 is 4.74 Å². The lowest BCUT2D eigenvalue weighted by atomic mass is 10.1. The normalized spacial score (nSPS) is 15.0. The molecule has 0 saturated carbocycles. The van der Waals surface area contributed by atoms with Gasteiger partial charge in [-0.25, -0.2) is 0 Å². The average molecular weight is 301 g/mol. The van der Waals surface area contributed by atoms with Gasteiger partial charge >= 0.3 is 0 Å². The topological polar surface area (TPSA) is 84.0 Å². The third-order valence-electron chi connectivity index (χ3n) is 3.35. The number of nitrogens with zero attached hydrogens (tertiary/aromatic N) is 2. The first-order valence-electron chi connectivity index (χ1n) is 7.49. The highest BCUT2D eigenvalue weighted by atomic mass is 16.5. The minimum absolute atomic E-state index is 0.383. The number of hydrogen-bond acceptors (Lipinski definition) is 4. The SMILES string of the molecule is CCCCCN/C(N)=N\N/C=C1\C=Nc2ccc(OC)cc21. The van der Waals surface area contributed by atoms with Gasteiger partial charge in [0.25, 0.3) is 0 Å². The fourth-order valence-electron chi connectivity index (χ4n) is 2.11. The molecule has 0 aliphatic carbocycles. The molecule has 0 atom stereocenters. The van der Waals surface area contributed by atoms with Crippen LogP contribution in [0, 0.1) is 0 Å². The van der Waals surface area contributed by atoms with Crippen molar-refractivity contribution in [2.45, 2.75) is 26.2 Å². The molecule has 22 heavy (non-hydrogen) atoms. The number of ether oxygens (including phenoxy) is 1. The van der Waals surface area contributed by atoms with Crippen molar-refractivity contribution in [3.05, 3.63) is 30.0 Å². The van der Waals surface area contributed by atoms with Crippen LogP contribution >= 0.6 is 0 Å². The van der Waals surface area contributed by atoms with Gasteiger partial charge in [0.2, 0.25) is 5.96 Å². The number of rotatable bonds is 7. The number of benzene rings is 1. The maximum Gasteiger partial charge on any atom is 0.211 e. The van der Waals surface area contributed by atoms with Crippen molar-refractivity contribution in [2.24, 2.45) is 15.8 Å². The molecule has 0 unspecified atom stereocenters. The van der Waals surface area contributed by atoms with E-state index in [4.69, 9.17) is 10.5 Å². The van der Waals surface area contributed by atoms with Crippen LogP contribution in [0.1, 0.15) is 31.7 Å². The summed E-state index contributed by atoms with van der Waals surface area (Å²) in [5.41, 5.74) is 11.5. The zero-order valence-corrected chi connectivity index (χ0v) is 13.1. The van der Waals surface area contributed by atoms with E-state index in [2.05, 4.69) is 27.8 Å². The number of guanidine groups is 1. The summed E-state index contributed by atoms with van der Waals surface area (Å²) in [6.07, 6.45) is 7.03. The van der Waals surface area contributed by atoms with Gasteiger partial charge in [-0.2, -0.15) is 0 Å². The summed E-state index contributed by atoms with van der Waals surface area (Å²) in [4.78, 5) is 4.34. The Morgan fingerprint density at radius 2 is 2.27 bits per heavy atom. The molecule has 2 rings (SSSR count). The molecule has 0 spiro atoms. The second-order valence-corrected chi connectivity index (χ2v) is 5.00. The minimum Gasteiger partial charge on any atom is -0.497 e. The number of methoxy groups -OCH3 is 1. The Morgan fingerprint density at radius 1 is 1.41 bits per heavy atom. The van der Waals surface area contributed by atoms with Gasteiger partial charge in [-0.1, -0.05) is 19.8 Å². The van der Waals surface area contributed by atoms with Crippen molar-refractivity contribution >= 4 is 23.4 Å². The van der Waals surface area contributed by atoms with Gasteiger partial charge < -0.3 is 15.8 Å². The highest BCUT2D eigenvalue weighted by Crippen LogP contribution is 2.33. The molecule has 1 heterocycles. The summed E-state index contributed by atoms with van der Waals surface area (Å²) < 4.78 is 5.23. The largest absolute Gasteiger partial charge is 0.497 e. The number of allylic oxidation sites excluding steroid dienone is 1. The summed E-state index contributed by atoms with van der Waals surface area (Å²) >= 11 is 0.